The normalized spacial score (nSPS) is 16.1. The summed E-state index contributed by atoms with van der Waals surface area (Å²) in [7, 11) is 4.28. The summed E-state index contributed by atoms with van der Waals surface area (Å²) in [4.78, 5) is 11.1. The molecule has 6 heteroatoms. The van der Waals surface area contributed by atoms with E-state index < -0.39 is 0 Å². The van der Waals surface area contributed by atoms with Crippen LogP contribution in [-0.4, -0.2) is 46.7 Å². The van der Waals surface area contributed by atoms with Gasteiger partial charge in [-0.05, 0) is 45.0 Å². The van der Waals surface area contributed by atoms with Crippen LogP contribution in [0, 0.1) is 5.92 Å². The van der Waals surface area contributed by atoms with Crippen molar-refractivity contribution < 1.29 is 4.52 Å². The third-order valence-electron chi connectivity index (χ3n) is 4.29. The first-order chi connectivity index (χ1) is 11.0. The second-order valence-electron chi connectivity index (χ2n) is 6.79. The standard InChI is InChI=1S/C17H25N5O/c1-11(2)16-20-17(23-21-16)13-7-8-18-15(9-13)19-10-14(22(3)4)12-5-6-12/h7-9,11-12,14H,5-6,10H2,1-4H3,(H,18,19). The van der Waals surface area contributed by atoms with E-state index in [1.165, 1.54) is 12.8 Å². The van der Waals surface area contributed by atoms with Gasteiger partial charge in [0, 0.05) is 30.3 Å². The Hall–Kier alpha value is -1.95. The molecular formula is C17H25N5O. The van der Waals surface area contributed by atoms with Gasteiger partial charge in [-0.1, -0.05) is 19.0 Å². The van der Waals surface area contributed by atoms with E-state index in [4.69, 9.17) is 4.52 Å². The van der Waals surface area contributed by atoms with Gasteiger partial charge in [-0.2, -0.15) is 4.98 Å². The van der Waals surface area contributed by atoms with E-state index in [0.717, 1.165) is 29.7 Å². The number of nitrogens with one attached hydrogen (secondary N) is 1. The molecule has 2 aromatic heterocycles. The Morgan fingerprint density at radius 3 is 2.74 bits per heavy atom. The Balaban J connectivity index is 1.69. The fourth-order valence-electron chi connectivity index (χ4n) is 2.71. The Bertz CT molecular complexity index is 646. The van der Waals surface area contributed by atoms with Crippen LogP contribution in [0.3, 0.4) is 0 Å². The first kappa shape index (κ1) is 15.9. The highest BCUT2D eigenvalue weighted by molar-refractivity contribution is 5.57. The minimum absolute atomic E-state index is 0.256. The molecule has 0 spiro atoms. The van der Waals surface area contributed by atoms with Crippen LogP contribution in [-0.2, 0) is 0 Å². The summed E-state index contributed by atoms with van der Waals surface area (Å²) in [5.74, 6) is 3.19. The summed E-state index contributed by atoms with van der Waals surface area (Å²) < 4.78 is 5.35. The molecule has 6 nitrogen and oxygen atoms in total. The lowest BCUT2D eigenvalue weighted by molar-refractivity contribution is 0.276. The molecule has 1 atom stereocenters. The number of rotatable bonds is 7. The van der Waals surface area contributed by atoms with E-state index in [9.17, 15) is 0 Å². The molecule has 1 aliphatic rings. The summed E-state index contributed by atoms with van der Waals surface area (Å²) >= 11 is 0. The summed E-state index contributed by atoms with van der Waals surface area (Å²) in [6.07, 6.45) is 4.44. The second-order valence-corrected chi connectivity index (χ2v) is 6.79. The number of anilines is 1. The molecule has 1 fully saturated rings. The highest BCUT2D eigenvalue weighted by Gasteiger charge is 2.32. The van der Waals surface area contributed by atoms with E-state index in [-0.39, 0.29) is 5.92 Å². The average Bonchev–Trinajstić information content (AvgIpc) is 3.22. The van der Waals surface area contributed by atoms with Crippen molar-refractivity contribution in [2.75, 3.05) is 26.0 Å². The number of hydrogen-bond acceptors (Lipinski definition) is 6. The van der Waals surface area contributed by atoms with Crippen LogP contribution in [0.15, 0.2) is 22.9 Å². The molecule has 0 radical (unpaired) electrons. The van der Waals surface area contributed by atoms with Crippen molar-refractivity contribution in [1.82, 2.24) is 20.0 Å². The van der Waals surface area contributed by atoms with Crippen LogP contribution >= 0.6 is 0 Å². The maximum atomic E-state index is 5.35. The molecule has 0 saturated heterocycles. The highest BCUT2D eigenvalue weighted by Crippen LogP contribution is 2.34. The van der Waals surface area contributed by atoms with Crippen LogP contribution in [0.4, 0.5) is 5.82 Å². The zero-order valence-corrected chi connectivity index (χ0v) is 14.3. The summed E-state index contributed by atoms with van der Waals surface area (Å²) in [5.41, 5.74) is 0.898. The van der Waals surface area contributed by atoms with Crippen molar-refractivity contribution in [1.29, 1.82) is 0 Å². The van der Waals surface area contributed by atoms with Gasteiger partial charge in [0.15, 0.2) is 5.82 Å². The maximum Gasteiger partial charge on any atom is 0.258 e. The third kappa shape index (κ3) is 3.88. The van der Waals surface area contributed by atoms with Gasteiger partial charge in [0.2, 0.25) is 0 Å². The van der Waals surface area contributed by atoms with Crippen molar-refractivity contribution >= 4 is 5.82 Å². The lowest BCUT2D eigenvalue weighted by Gasteiger charge is -2.24. The first-order valence-electron chi connectivity index (χ1n) is 8.25. The number of pyridine rings is 1. The highest BCUT2D eigenvalue weighted by atomic mass is 16.5. The zero-order valence-electron chi connectivity index (χ0n) is 14.3. The molecule has 0 amide bonds. The minimum Gasteiger partial charge on any atom is -0.368 e. The SMILES string of the molecule is CC(C)c1noc(-c2ccnc(NCC(C3CC3)N(C)C)c2)n1. The van der Waals surface area contributed by atoms with Crippen molar-refractivity contribution in [2.24, 2.45) is 5.92 Å². The van der Waals surface area contributed by atoms with Crippen LogP contribution in [0.2, 0.25) is 0 Å². The number of aromatic nitrogens is 3. The fourth-order valence-corrected chi connectivity index (χ4v) is 2.71. The zero-order chi connectivity index (χ0) is 16.4. The van der Waals surface area contributed by atoms with Crippen LogP contribution in [0.1, 0.15) is 38.4 Å². The predicted molar refractivity (Wildman–Crippen MR) is 90.3 cm³/mol. The number of hydrogen-bond donors (Lipinski definition) is 1. The van der Waals surface area contributed by atoms with Crippen molar-refractivity contribution in [3.8, 4) is 11.5 Å². The van der Waals surface area contributed by atoms with Gasteiger partial charge in [-0.3, -0.25) is 0 Å². The van der Waals surface area contributed by atoms with Crippen LogP contribution in [0.5, 0.6) is 0 Å². The van der Waals surface area contributed by atoms with Gasteiger partial charge >= 0.3 is 0 Å². The van der Waals surface area contributed by atoms with Gasteiger partial charge in [0.1, 0.15) is 5.82 Å². The molecule has 1 N–H and O–H groups in total. The summed E-state index contributed by atoms with van der Waals surface area (Å²) in [6.45, 7) is 5.00. The van der Waals surface area contributed by atoms with E-state index >= 15 is 0 Å². The average molecular weight is 315 g/mol. The molecule has 0 aromatic carbocycles. The van der Waals surface area contributed by atoms with Gasteiger partial charge in [0.25, 0.3) is 5.89 Å². The predicted octanol–water partition coefficient (Wildman–Crippen LogP) is 3.01. The van der Waals surface area contributed by atoms with Gasteiger partial charge in [0.05, 0.1) is 0 Å². The Morgan fingerprint density at radius 1 is 1.35 bits per heavy atom. The van der Waals surface area contributed by atoms with Gasteiger partial charge in [-0.25, -0.2) is 4.98 Å². The molecule has 1 saturated carbocycles. The van der Waals surface area contributed by atoms with Crippen molar-refractivity contribution in [3.05, 3.63) is 24.2 Å². The molecule has 2 aromatic rings. The van der Waals surface area contributed by atoms with Crippen LogP contribution in [0.25, 0.3) is 11.5 Å². The van der Waals surface area contributed by atoms with Crippen molar-refractivity contribution in [3.63, 3.8) is 0 Å². The van der Waals surface area contributed by atoms with E-state index in [2.05, 4.69) is 39.4 Å². The van der Waals surface area contributed by atoms with Gasteiger partial charge in [-0.15, -0.1) is 0 Å². The Morgan fingerprint density at radius 2 is 2.13 bits per heavy atom. The molecule has 23 heavy (non-hydrogen) atoms. The first-order valence-corrected chi connectivity index (χ1v) is 8.25. The fraction of sp³-hybridized carbons (Fsp3) is 0.588. The van der Waals surface area contributed by atoms with E-state index in [0.29, 0.717) is 11.9 Å². The molecule has 3 rings (SSSR count). The molecule has 2 heterocycles. The molecule has 1 aliphatic carbocycles. The third-order valence-corrected chi connectivity index (χ3v) is 4.29. The quantitative estimate of drug-likeness (QED) is 0.847. The Labute approximate surface area is 137 Å². The summed E-state index contributed by atoms with van der Waals surface area (Å²) in [6, 6.07) is 4.42. The molecular weight excluding hydrogens is 290 g/mol. The van der Waals surface area contributed by atoms with E-state index in [1.807, 2.05) is 26.0 Å². The monoisotopic (exact) mass is 315 g/mol. The molecule has 1 unspecified atom stereocenters. The molecule has 124 valence electrons. The lowest BCUT2D eigenvalue weighted by atomic mass is 10.1. The van der Waals surface area contributed by atoms with Gasteiger partial charge < -0.3 is 14.7 Å². The smallest absolute Gasteiger partial charge is 0.258 e. The minimum atomic E-state index is 0.256. The number of likely N-dealkylation sites (N-methyl/N-ethyl adjacent to an activating group) is 1. The summed E-state index contributed by atoms with van der Waals surface area (Å²) in [5, 5.41) is 7.46. The van der Waals surface area contributed by atoms with E-state index in [1.54, 1.807) is 6.20 Å². The molecule has 0 aliphatic heterocycles. The Kier molecular flexibility index (Phi) is 4.61. The number of nitrogens with zero attached hydrogens (tertiary/aromatic N) is 4. The maximum absolute atomic E-state index is 5.35. The van der Waals surface area contributed by atoms with Crippen LogP contribution < -0.4 is 5.32 Å². The molecule has 0 bridgehead atoms. The largest absolute Gasteiger partial charge is 0.368 e. The second kappa shape index (κ2) is 6.66. The lowest BCUT2D eigenvalue weighted by Crippen LogP contribution is -2.36. The van der Waals surface area contributed by atoms with Crippen molar-refractivity contribution in [2.45, 2.75) is 38.6 Å². The topological polar surface area (TPSA) is 67.1 Å².